The molecule has 5 unspecified atom stereocenters. The van der Waals surface area contributed by atoms with Gasteiger partial charge < -0.3 is 34.9 Å². The standard InChI is InChI=1S/C42H49N3O6/c1-29-38(27-45-22-7-4-8-23-45)50-41(51-39(29)34-16-14-31(28-46)15-17-34)35-20-18-33(19-21-35)36-13-9-12-32(24-36)26-43-42(48)44-37(40(47)49-2)25-30-10-5-3-6-11-30/h3,5-6,9-21,24,29,37-39,41,46H,4,7-8,22-23,25-28H2,1-2H3,(H2,43,44,48). The third kappa shape index (κ3) is 9.62. The third-order valence-corrected chi connectivity index (χ3v) is 9.98. The van der Waals surface area contributed by atoms with Gasteiger partial charge in [-0.25, -0.2) is 9.59 Å². The molecule has 0 aliphatic carbocycles. The average molecular weight is 692 g/mol. The first-order chi connectivity index (χ1) is 24.9. The number of likely N-dealkylation sites (tertiary alicyclic amines) is 1. The fourth-order valence-electron chi connectivity index (χ4n) is 7.00. The molecule has 2 aliphatic heterocycles. The van der Waals surface area contributed by atoms with Crippen LogP contribution in [-0.2, 0) is 38.6 Å². The van der Waals surface area contributed by atoms with E-state index in [1.54, 1.807) is 0 Å². The molecule has 0 bridgehead atoms. The number of benzene rings is 4. The molecule has 0 radical (unpaired) electrons. The van der Waals surface area contributed by atoms with E-state index in [9.17, 15) is 14.7 Å². The van der Waals surface area contributed by atoms with Crippen molar-refractivity contribution in [2.75, 3.05) is 26.7 Å². The number of amides is 2. The molecule has 2 saturated heterocycles. The van der Waals surface area contributed by atoms with Crippen LogP contribution < -0.4 is 10.6 Å². The lowest BCUT2D eigenvalue weighted by Crippen LogP contribution is -2.47. The minimum absolute atomic E-state index is 0.00617. The zero-order valence-corrected chi connectivity index (χ0v) is 29.5. The van der Waals surface area contributed by atoms with Gasteiger partial charge in [0.15, 0.2) is 6.29 Å². The van der Waals surface area contributed by atoms with Gasteiger partial charge in [-0.1, -0.05) is 110 Å². The summed E-state index contributed by atoms with van der Waals surface area (Å²) in [7, 11) is 1.32. The van der Waals surface area contributed by atoms with E-state index in [0.29, 0.717) is 6.42 Å². The maximum absolute atomic E-state index is 12.8. The lowest BCUT2D eigenvalue weighted by atomic mass is 9.89. The fraction of sp³-hybridized carbons (Fsp3) is 0.381. The van der Waals surface area contributed by atoms with Crippen molar-refractivity contribution in [3.8, 4) is 11.1 Å². The number of nitrogens with one attached hydrogen (secondary N) is 2. The first-order valence-electron chi connectivity index (χ1n) is 18.0. The number of aliphatic hydroxyl groups is 1. The molecule has 6 rings (SSSR count). The predicted molar refractivity (Wildman–Crippen MR) is 196 cm³/mol. The van der Waals surface area contributed by atoms with E-state index in [4.69, 9.17) is 14.2 Å². The molecular formula is C42H49N3O6. The molecule has 2 heterocycles. The van der Waals surface area contributed by atoms with Crippen molar-refractivity contribution in [1.82, 2.24) is 15.5 Å². The molecule has 2 amide bonds. The molecule has 2 fully saturated rings. The Morgan fingerprint density at radius 1 is 0.824 bits per heavy atom. The summed E-state index contributed by atoms with van der Waals surface area (Å²) in [6, 6.07) is 32.6. The highest BCUT2D eigenvalue weighted by Gasteiger charge is 2.39. The van der Waals surface area contributed by atoms with Gasteiger partial charge >= 0.3 is 12.0 Å². The highest BCUT2D eigenvalue weighted by molar-refractivity contribution is 5.83. The van der Waals surface area contributed by atoms with E-state index >= 15 is 0 Å². The molecule has 0 aromatic heterocycles. The fourth-order valence-corrected chi connectivity index (χ4v) is 7.00. The van der Waals surface area contributed by atoms with Gasteiger partial charge in [0.05, 0.1) is 25.9 Å². The summed E-state index contributed by atoms with van der Waals surface area (Å²) in [5.41, 5.74) is 6.82. The summed E-state index contributed by atoms with van der Waals surface area (Å²) in [4.78, 5) is 27.7. The maximum Gasteiger partial charge on any atom is 0.328 e. The highest BCUT2D eigenvalue weighted by Crippen LogP contribution is 2.42. The van der Waals surface area contributed by atoms with Crippen molar-refractivity contribution in [1.29, 1.82) is 0 Å². The summed E-state index contributed by atoms with van der Waals surface area (Å²) in [5.74, 6) is -0.348. The molecule has 51 heavy (non-hydrogen) atoms. The van der Waals surface area contributed by atoms with Gasteiger partial charge in [0.25, 0.3) is 0 Å². The van der Waals surface area contributed by atoms with Crippen LogP contribution in [0.1, 0.15) is 66.4 Å². The SMILES string of the molecule is COC(=O)C(Cc1ccccc1)NC(=O)NCc1cccc(-c2ccc(C3OC(CN4CCCCC4)C(C)C(c4ccc(CO)cc4)O3)cc2)c1. The Hall–Kier alpha value is -4.54. The van der Waals surface area contributed by atoms with Crippen LogP contribution >= 0.6 is 0 Å². The first kappa shape index (κ1) is 36.3. The monoisotopic (exact) mass is 691 g/mol. The number of rotatable bonds is 12. The number of aliphatic hydroxyl groups excluding tert-OH is 1. The average Bonchev–Trinajstić information content (AvgIpc) is 3.18. The molecule has 4 aromatic rings. The van der Waals surface area contributed by atoms with E-state index in [2.05, 4.69) is 58.9 Å². The van der Waals surface area contributed by atoms with E-state index in [1.807, 2.05) is 66.7 Å². The number of hydrogen-bond acceptors (Lipinski definition) is 7. The number of methoxy groups -OCH3 is 1. The van der Waals surface area contributed by atoms with Gasteiger partial charge in [-0.05, 0) is 65.4 Å². The Kier molecular flexibility index (Phi) is 12.5. The second-order valence-electron chi connectivity index (χ2n) is 13.6. The van der Waals surface area contributed by atoms with Crippen molar-refractivity contribution in [2.45, 2.75) is 70.3 Å². The minimum atomic E-state index is -0.801. The molecule has 5 atom stereocenters. The van der Waals surface area contributed by atoms with E-state index < -0.39 is 24.3 Å². The number of urea groups is 1. The van der Waals surface area contributed by atoms with Gasteiger partial charge in [0.1, 0.15) is 6.04 Å². The second-order valence-corrected chi connectivity index (χ2v) is 13.6. The normalized spacial score (nSPS) is 21.4. The summed E-state index contributed by atoms with van der Waals surface area (Å²) in [6.45, 7) is 5.59. The second kappa shape index (κ2) is 17.6. The Morgan fingerprint density at radius 2 is 1.53 bits per heavy atom. The number of piperidine rings is 1. The van der Waals surface area contributed by atoms with E-state index in [0.717, 1.165) is 58.6 Å². The number of esters is 1. The van der Waals surface area contributed by atoms with Crippen LogP contribution in [0, 0.1) is 5.92 Å². The Morgan fingerprint density at radius 3 is 2.24 bits per heavy atom. The van der Waals surface area contributed by atoms with Crippen LogP contribution in [0.4, 0.5) is 4.79 Å². The third-order valence-electron chi connectivity index (χ3n) is 9.98. The van der Waals surface area contributed by atoms with E-state index in [1.165, 1.54) is 26.4 Å². The van der Waals surface area contributed by atoms with Crippen LogP contribution in [-0.4, -0.2) is 60.9 Å². The first-order valence-corrected chi connectivity index (χ1v) is 18.0. The lowest BCUT2D eigenvalue weighted by Gasteiger charge is -2.43. The molecule has 4 aromatic carbocycles. The summed E-state index contributed by atoms with van der Waals surface area (Å²) in [6.07, 6.45) is 3.42. The Bertz CT molecular complexity index is 1710. The highest BCUT2D eigenvalue weighted by atomic mass is 16.7. The lowest BCUT2D eigenvalue weighted by molar-refractivity contribution is -0.276. The number of carbonyl (C=O) groups excluding carboxylic acids is 2. The van der Waals surface area contributed by atoms with Gasteiger partial charge in [-0.2, -0.15) is 0 Å². The molecule has 2 aliphatic rings. The molecule has 0 saturated carbocycles. The Labute approximate surface area is 300 Å². The zero-order valence-electron chi connectivity index (χ0n) is 29.5. The van der Waals surface area contributed by atoms with Crippen molar-refractivity contribution < 1.29 is 28.9 Å². The smallest absolute Gasteiger partial charge is 0.328 e. The quantitative estimate of drug-likeness (QED) is 0.142. The topological polar surface area (TPSA) is 109 Å². The molecule has 268 valence electrons. The number of hydrogen-bond donors (Lipinski definition) is 3. The molecule has 3 N–H and O–H groups in total. The number of ether oxygens (including phenoxy) is 3. The van der Waals surface area contributed by atoms with Crippen LogP contribution in [0.15, 0.2) is 103 Å². The molecule has 9 heteroatoms. The molecule has 9 nitrogen and oxygen atoms in total. The summed E-state index contributed by atoms with van der Waals surface area (Å²) < 4.78 is 18.3. The van der Waals surface area contributed by atoms with Gasteiger partial charge in [0.2, 0.25) is 0 Å². The van der Waals surface area contributed by atoms with Crippen LogP contribution in [0.3, 0.4) is 0 Å². The maximum atomic E-state index is 12.8. The zero-order chi connectivity index (χ0) is 35.6. The van der Waals surface area contributed by atoms with Crippen molar-refractivity contribution >= 4 is 12.0 Å². The largest absolute Gasteiger partial charge is 0.467 e. The summed E-state index contributed by atoms with van der Waals surface area (Å²) in [5, 5.41) is 15.2. The van der Waals surface area contributed by atoms with Gasteiger partial charge in [-0.15, -0.1) is 0 Å². The van der Waals surface area contributed by atoms with Crippen molar-refractivity contribution in [2.24, 2.45) is 5.92 Å². The summed E-state index contributed by atoms with van der Waals surface area (Å²) >= 11 is 0. The number of nitrogens with zero attached hydrogens (tertiary/aromatic N) is 1. The van der Waals surface area contributed by atoms with Crippen LogP contribution in [0.5, 0.6) is 0 Å². The minimum Gasteiger partial charge on any atom is -0.467 e. The van der Waals surface area contributed by atoms with E-state index in [-0.39, 0.29) is 31.3 Å². The Balaban J connectivity index is 1.11. The van der Waals surface area contributed by atoms with Crippen molar-refractivity contribution in [3.63, 3.8) is 0 Å². The van der Waals surface area contributed by atoms with Gasteiger partial charge in [0, 0.05) is 31.0 Å². The van der Waals surface area contributed by atoms with Crippen molar-refractivity contribution in [3.05, 3.63) is 131 Å². The van der Waals surface area contributed by atoms with Crippen LogP contribution in [0.25, 0.3) is 11.1 Å². The van der Waals surface area contributed by atoms with Gasteiger partial charge in [-0.3, -0.25) is 0 Å². The predicted octanol–water partition coefficient (Wildman–Crippen LogP) is 6.71. The number of carbonyl (C=O) groups is 2. The molecular weight excluding hydrogens is 642 g/mol. The van der Waals surface area contributed by atoms with Crippen LogP contribution in [0.2, 0.25) is 0 Å². The molecule has 0 spiro atoms.